The van der Waals surface area contributed by atoms with E-state index < -0.39 is 22.7 Å². The molecule has 2 rings (SSSR count). The Bertz CT molecular complexity index is 476. The van der Waals surface area contributed by atoms with Gasteiger partial charge in [0.2, 0.25) is 0 Å². The van der Waals surface area contributed by atoms with E-state index in [1.807, 2.05) is 0 Å². The first kappa shape index (κ1) is 13.7. The van der Waals surface area contributed by atoms with Gasteiger partial charge >= 0.3 is 6.18 Å². The molecule has 0 radical (unpaired) electrons. The highest BCUT2D eigenvalue weighted by molar-refractivity contribution is 6.30. The molecule has 1 aliphatic carbocycles. The van der Waals surface area contributed by atoms with E-state index >= 15 is 0 Å². The SMILES string of the molecule is CC(C)(c1ccc(Cl)cc1C(F)(F)F)C1(N)CC1. The third-order valence-electron chi connectivity index (χ3n) is 3.99. The van der Waals surface area contributed by atoms with Gasteiger partial charge in [0.1, 0.15) is 0 Å². The summed E-state index contributed by atoms with van der Waals surface area (Å²) < 4.78 is 39.2. The van der Waals surface area contributed by atoms with Gasteiger partial charge in [0.25, 0.3) is 0 Å². The molecule has 1 fully saturated rings. The molecule has 0 unspecified atom stereocenters. The maximum atomic E-state index is 13.1. The second-order valence-electron chi connectivity index (χ2n) is 5.47. The van der Waals surface area contributed by atoms with Gasteiger partial charge in [-0.1, -0.05) is 31.5 Å². The minimum absolute atomic E-state index is 0.0868. The van der Waals surface area contributed by atoms with Crippen molar-refractivity contribution in [2.24, 2.45) is 5.73 Å². The predicted octanol–water partition coefficient (Wildman–Crippen LogP) is 4.13. The van der Waals surface area contributed by atoms with Crippen LogP contribution in [0.2, 0.25) is 5.02 Å². The molecule has 1 aromatic rings. The molecule has 1 aromatic carbocycles. The summed E-state index contributed by atoms with van der Waals surface area (Å²) in [5.41, 5.74) is 4.38. The summed E-state index contributed by atoms with van der Waals surface area (Å²) >= 11 is 5.67. The van der Waals surface area contributed by atoms with E-state index in [4.69, 9.17) is 17.3 Å². The molecule has 5 heteroatoms. The number of hydrogen-bond donors (Lipinski definition) is 1. The van der Waals surface area contributed by atoms with Gasteiger partial charge in [-0.25, -0.2) is 0 Å². The normalized spacial score (nSPS) is 18.8. The topological polar surface area (TPSA) is 26.0 Å². The maximum Gasteiger partial charge on any atom is 0.416 e. The van der Waals surface area contributed by atoms with Crippen LogP contribution in [0.5, 0.6) is 0 Å². The van der Waals surface area contributed by atoms with E-state index in [0.717, 1.165) is 18.9 Å². The zero-order chi connectivity index (χ0) is 13.8. The number of halogens is 4. The molecule has 18 heavy (non-hydrogen) atoms. The summed E-state index contributed by atoms with van der Waals surface area (Å²) in [7, 11) is 0. The highest BCUT2D eigenvalue weighted by atomic mass is 35.5. The Hall–Kier alpha value is -0.740. The standard InChI is InChI=1S/C13H15ClF3N/c1-11(2,12(18)5-6-12)9-4-3-8(14)7-10(9)13(15,16)17/h3-4,7H,5-6,18H2,1-2H3. The second-order valence-corrected chi connectivity index (χ2v) is 5.91. The Morgan fingerprint density at radius 3 is 2.17 bits per heavy atom. The van der Waals surface area contributed by atoms with Crippen LogP contribution in [0, 0.1) is 0 Å². The van der Waals surface area contributed by atoms with Crippen LogP contribution in [0.1, 0.15) is 37.8 Å². The van der Waals surface area contributed by atoms with Crippen molar-refractivity contribution >= 4 is 11.6 Å². The fraction of sp³-hybridized carbons (Fsp3) is 0.538. The number of alkyl halides is 3. The molecule has 0 bridgehead atoms. The van der Waals surface area contributed by atoms with Crippen molar-refractivity contribution in [1.82, 2.24) is 0 Å². The van der Waals surface area contributed by atoms with E-state index in [-0.39, 0.29) is 10.6 Å². The monoisotopic (exact) mass is 277 g/mol. The van der Waals surface area contributed by atoms with Gasteiger partial charge in [0.05, 0.1) is 5.56 Å². The minimum Gasteiger partial charge on any atom is -0.324 e. The van der Waals surface area contributed by atoms with E-state index in [0.29, 0.717) is 0 Å². The molecule has 1 nitrogen and oxygen atoms in total. The van der Waals surface area contributed by atoms with Crippen LogP contribution in [-0.4, -0.2) is 5.54 Å². The number of benzene rings is 1. The molecular formula is C13H15ClF3N. The first-order chi connectivity index (χ1) is 8.08. The van der Waals surface area contributed by atoms with E-state index in [1.54, 1.807) is 13.8 Å². The van der Waals surface area contributed by atoms with Crippen molar-refractivity contribution in [2.75, 3.05) is 0 Å². The average molecular weight is 278 g/mol. The molecule has 1 saturated carbocycles. The molecular weight excluding hydrogens is 263 g/mol. The lowest BCUT2D eigenvalue weighted by atomic mass is 9.74. The fourth-order valence-corrected chi connectivity index (χ4v) is 2.50. The lowest BCUT2D eigenvalue weighted by molar-refractivity contribution is -0.138. The quantitative estimate of drug-likeness (QED) is 0.864. The summed E-state index contributed by atoms with van der Waals surface area (Å²) in [4.78, 5) is 0. The first-order valence-corrected chi connectivity index (χ1v) is 6.12. The van der Waals surface area contributed by atoms with Crippen LogP contribution in [0.3, 0.4) is 0 Å². The van der Waals surface area contributed by atoms with Crippen LogP contribution in [0.15, 0.2) is 18.2 Å². The predicted molar refractivity (Wildman–Crippen MR) is 65.6 cm³/mol. The summed E-state index contributed by atoms with van der Waals surface area (Å²) in [6.45, 7) is 3.52. The summed E-state index contributed by atoms with van der Waals surface area (Å²) in [6, 6.07) is 3.90. The average Bonchev–Trinajstić information content (AvgIpc) is 2.96. The number of rotatable bonds is 2. The van der Waals surface area contributed by atoms with Crippen LogP contribution in [0.4, 0.5) is 13.2 Å². The summed E-state index contributed by atoms with van der Waals surface area (Å²) in [5, 5.41) is 0.0868. The molecule has 0 aromatic heterocycles. The van der Waals surface area contributed by atoms with Gasteiger partial charge in [-0.15, -0.1) is 0 Å². The second kappa shape index (κ2) is 3.87. The van der Waals surface area contributed by atoms with Crippen LogP contribution in [-0.2, 0) is 11.6 Å². The van der Waals surface area contributed by atoms with Crippen LogP contribution >= 0.6 is 11.6 Å². The van der Waals surface area contributed by atoms with Gasteiger partial charge < -0.3 is 5.73 Å². The lowest BCUT2D eigenvalue weighted by Gasteiger charge is -2.34. The van der Waals surface area contributed by atoms with Crippen molar-refractivity contribution in [2.45, 2.75) is 43.8 Å². The van der Waals surface area contributed by atoms with Gasteiger partial charge in [-0.3, -0.25) is 0 Å². The molecule has 1 aliphatic rings. The smallest absolute Gasteiger partial charge is 0.324 e. The largest absolute Gasteiger partial charge is 0.416 e. The summed E-state index contributed by atoms with van der Waals surface area (Å²) in [6.07, 6.45) is -2.91. The van der Waals surface area contributed by atoms with Gasteiger partial charge in [-0.2, -0.15) is 13.2 Å². The van der Waals surface area contributed by atoms with Crippen molar-refractivity contribution in [3.63, 3.8) is 0 Å². The Labute approximate surface area is 109 Å². The zero-order valence-corrected chi connectivity index (χ0v) is 11.0. The Kier molecular flexibility index (Phi) is 2.95. The third kappa shape index (κ3) is 2.12. The first-order valence-electron chi connectivity index (χ1n) is 5.74. The van der Waals surface area contributed by atoms with Crippen molar-refractivity contribution in [3.05, 3.63) is 34.3 Å². The van der Waals surface area contributed by atoms with Gasteiger partial charge in [0.15, 0.2) is 0 Å². The molecule has 0 amide bonds. The maximum absolute atomic E-state index is 13.1. The van der Waals surface area contributed by atoms with Crippen LogP contribution < -0.4 is 5.73 Å². The Balaban J connectivity index is 2.58. The highest BCUT2D eigenvalue weighted by Gasteiger charge is 2.54. The zero-order valence-electron chi connectivity index (χ0n) is 10.2. The van der Waals surface area contributed by atoms with Crippen molar-refractivity contribution in [3.8, 4) is 0 Å². The van der Waals surface area contributed by atoms with Crippen LogP contribution in [0.25, 0.3) is 0 Å². The molecule has 0 atom stereocenters. The lowest BCUT2D eigenvalue weighted by Crippen LogP contribution is -2.44. The molecule has 0 saturated heterocycles. The van der Waals surface area contributed by atoms with Gasteiger partial charge in [-0.05, 0) is 30.5 Å². The molecule has 0 spiro atoms. The van der Waals surface area contributed by atoms with E-state index in [9.17, 15) is 13.2 Å². The van der Waals surface area contributed by atoms with Crippen molar-refractivity contribution < 1.29 is 13.2 Å². The fourth-order valence-electron chi connectivity index (χ4n) is 2.32. The van der Waals surface area contributed by atoms with E-state index in [2.05, 4.69) is 0 Å². The number of hydrogen-bond acceptors (Lipinski definition) is 1. The molecule has 0 heterocycles. The van der Waals surface area contributed by atoms with Crippen molar-refractivity contribution in [1.29, 1.82) is 0 Å². The Morgan fingerprint density at radius 2 is 1.72 bits per heavy atom. The molecule has 0 aliphatic heterocycles. The Morgan fingerprint density at radius 1 is 1.17 bits per heavy atom. The number of nitrogens with two attached hydrogens (primary N) is 1. The highest BCUT2D eigenvalue weighted by Crippen LogP contribution is 2.51. The summed E-state index contributed by atoms with van der Waals surface area (Å²) in [5.74, 6) is 0. The third-order valence-corrected chi connectivity index (χ3v) is 4.23. The molecule has 100 valence electrons. The van der Waals surface area contributed by atoms with Gasteiger partial charge in [0, 0.05) is 16.0 Å². The van der Waals surface area contributed by atoms with E-state index in [1.165, 1.54) is 12.1 Å². The minimum atomic E-state index is -4.41. The molecule has 2 N–H and O–H groups in total.